The molecule has 1 amide bonds. The number of carbonyl (C=O) groups excluding carboxylic acids is 1. The van der Waals surface area contributed by atoms with Crippen molar-refractivity contribution < 1.29 is 19.0 Å². The molecule has 7 heteroatoms. The minimum Gasteiger partial charge on any atom is -0.497 e. The maximum atomic E-state index is 12.3. The first kappa shape index (κ1) is 21.2. The Morgan fingerprint density at radius 1 is 1.03 bits per heavy atom. The molecule has 1 aliphatic heterocycles. The molecule has 0 spiro atoms. The standard InChI is InChI=1S/C22H23NO4S2/c1-3-23-21(24)20(29-22(23)28)15-16-6-4-7-19(14-16)27-13-5-12-26-18-10-8-17(25-2)9-11-18/h4,6-11,14-15H,3,5,12-13H2,1-2H3/b20-15+. The van der Waals surface area contributed by atoms with Gasteiger partial charge in [0.05, 0.1) is 25.2 Å². The van der Waals surface area contributed by atoms with E-state index in [0.717, 1.165) is 29.2 Å². The quantitative estimate of drug-likeness (QED) is 0.325. The van der Waals surface area contributed by atoms with Crippen LogP contribution in [0.25, 0.3) is 6.08 Å². The minimum atomic E-state index is -0.0375. The smallest absolute Gasteiger partial charge is 0.266 e. The molecule has 0 radical (unpaired) electrons. The van der Waals surface area contributed by atoms with Crippen molar-refractivity contribution in [1.29, 1.82) is 0 Å². The molecular weight excluding hydrogens is 406 g/mol. The van der Waals surface area contributed by atoms with Crippen LogP contribution in [0.15, 0.2) is 53.4 Å². The van der Waals surface area contributed by atoms with Crippen LogP contribution in [0.4, 0.5) is 0 Å². The predicted molar refractivity (Wildman–Crippen MR) is 121 cm³/mol. The number of rotatable bonds is 9. The number of ether oxygens (including phenoxy) is 3. The summed E-state index contributed by atoms with van der Waals surface area (Å²) < 4.78 is 17.2. The highest BCUT2D eigenvalue weighted by molar-refractivity contribution is 8.26. The van der Waals surface area contributed by atoms with Gasteiger partial charge in [0.2, 0.25) is 0 Å². The summed E-state index contributed by atoms with van der Waals surface area (Å²) in [5.41, 5.74) is 0.911. The lowest BCUT2D eigenvalue weighted by Gasteiger charge is -2.10. The number of thiocarbonyl (C=S) groups is 1. The van der Waals surface area contributed by atoms with E-state index in [1.165, 1.54) is 11.8 Å². The van der Waals surface area contributed by atoms with Gasteiger partial charge in [0.25, 0.3) is 5.91 Å². The van der Waals surface area contributed by atoms with Crippen LogP contribution in [-0.2, 0) is 4.79 Å². The Labute approximate surface area is 180 Å². The van der Waals surface area contributed by atoms with Gasteiger partial charge in [-0.25, -0.2) is 0 Å². The minimum absolute atomic E-state index is 0.0375. The maximum Gasteiger partial charge on any atom is 0.266 e. The Kier molecular flexibility index (Phi) is 7.55. The topological polar surface area (TPSA) is 48.0 Å². The molecule has 152 valence electrons. The summed E-state index contributed by atoms with van der Waals surface area (Å²) >= 11 is 6.59. The Hall–Kier alpha value is -2.51. The second-order valence-electron chi connectivity index (χ2n) is 6.22. The summed E-state index contributed by atoms with van der Waals surface area (Å²) in [7, 11) is 1.64. The first-order valence-electron chi connectivity index (χ1n) is 9.36. The fourth-order valence-electron chi connectivity index (χ4n) is 2.73. The molecule has 1 aliphatic rings. The van der Waals surface area contributed by atoms with Crippen LogP contribution in [0, 0.1) is 0 Å². The fourth-order valence-corrected chi connectivity index (χ4v) is 4.11. The van der Waals surface area contributed by atoms with E-state index in [0.29, 0.717) is 29.0 Å². The van der Waals surface area contributed by atoms with Crippen LogP contribution in [-0.4, -0.2) is 42.0 Å². The van der Waals surface area contributed by atoms with Crippen molar-refractivity contribution in [3.8, 4) is 17.2 Å². The summed E-state index contributed by atoms with van der Waals surface area (Å²) in [5.74, 6) is 2.33. The van der Waals surface area contributed by atoms with E-state index >= 15 is 0 Å². The van der Waals surface area contributed by atoms with Crippen LogP contribution < -0.4 is 14.2 Å². The maximum absolute atomic E-state index is 12.3. The number of thioether (sulfide) groups is 1. The third-order valence-corrected chi connectivity index (χ3v) is 5.61. The molecule has 0 aliphatic carbocycles. The molecule has 0 saturated carbocycles. The molecule has 0 aromatic heterocycles. The monoisotopic (exact) mass is 429 g/mol. The molecular formula is C22H23NO4S2. The largest absolute Gasteiger partial charge is 0.497 e. The van der Waals surface area contributed by atoms with E-state index in [1.807, 2.05) is 61.5 Å². The van der Waals surface area contributed by atoms with Crippen molar-refractivity contribution in [2.45, 2.75) is 13.3 Å². The van der Waals surface area contributed by atoms with Crippen LogP contribution in [0.2, 0.25) is 0 Å². The Morgan fingerprint density at radius 2 is 1.72 bits per heavy atom. The number of benzene rings is 2. The number of hydrogen-bond acceptors (Lipinski definition) is 6. The summed E-state index contributed by atoms with van der Waals surface area (Å²) in [6.07, 6.45) is 2.61. The zero-order chi connectivity index (χ0) is 20.6. The zero-order valence-electron chi connectivity index (χ0n) is 16.4. The molecule has 0 unspecified atom stereocenters. The molecule has 0 atom stereocenters. The second kappa shape index (κ2) is 10.3. The van der Waals surface area contributed by atoms with Crippen molar-refractivity contribution in [2.75, 3.05) is 26.9 Å². The van der Waals surface area contributed by atoms with Crippen LogP contribution in [0.5, 0.6) is 17.2 Å². The van der Waals surface area contributed by atoms with Crippen molar-refractivity contribution in [3.05, 3.63) is 59.0 Å². The Morgan fingerprint density at radius 3 is 2.38 bits per heavy atom. The average Bonchev–Trinajstić information content (AvgIpc) is 3.00. The van der Waals surface area contributed by atoms with E-state index in [2.05, 4.69) is 0 Å². The van der Waals surface area contributed by atoms with Gasteiger partial charge in [-0.2, -0.15) is 0 Å². The van der Waals surface area contributed by atoms with Gasteiger partial charge in [0, 0.05) is 13.0 Å². The summed E-state index contributed by atoms with van der Waals surface area (Å²) in [6.45, 7) is 3.60. The number of likely N-dealkylation sites (N-methyl/N-ethyl adjacent to an activating group) is 1. The fraction of sp³-hybridized carbons (Fsp3) is 0.273. The van der Waals surface area contributed by atoms with Crippen LogP contribution in [0.3, 0.4) is 0 Å². The Bertz CT molecular complexity index is 896. The van der Waals surface area contributed by atoms with Crippen molar-refractivity contribution >= 4 is 40.3 Å². The predicted octanol–water partition coefficient (Wildman–Crippen LogP) is 4.76. The molecule has 2 aromatic rings. The van der Waals surface area contributed by atoms with Crippen molar-refractivity contribution in [2.24, 2.45) is 0 Å². The number of hydrogen-bond donors (Lipinski definition) is 0. The first-order valence-corrected chi connectivity index (χ1v) is 10.6. The van der Waals surface area contributed by atoms with Crippen LogP contribution >= 0.6 is 24.0 Å². The average molecular weight is 430 g/mol. The van der Waals surface area contributed by atoms with Crippen molar-refractivity contribution in [3.63, 3.8) is 0 Å². The highest BCUT2D eigenvalue weighted by atomic mass is 32.2. The molecule has 1 fully saturated rings. The van der Waals surface area contributed by atoms with E-state index < -0.39 is 0 Å². The van der Waals surface area contributed by atoms with Gasteiger partial charge in [0.1, 0.15) is 21.6 Å². The zero-order valence-corrected chi connectivity index (χ0v) is 18.1. The molecule has 2 aromatic carbocycles. The SMILES string of the molecule is CCN1C(=O)/C(=C\c2cccc(OCCCOc3ccc(OC)cc3)c2)SC1=S. The normalized spacial score (nSPS) is 15.1. The summed E-state index contributed by atoms with van der Waals surface area (Å²) in [4.78, 5) is 14.6. The van der Waals surface area contributed by atoms with Crippen LogP contribution in [0.1, 0.15) is 18.9 Å². The number of carbonyl (C=O) groups is 1. The molecule has 0 bridgehead atoms. The highest BCUT2D eigenvalue weighted by Gasteiger charge is 2.30. The third kappa shape index (κ3) is 5.74. The van der Waals surface area contributed by atoms with E-state index in [-0.39, 0.29) is 5.91 Å². The van der Waals surface area contributed by atoms with Crippen molar-refractivity contribution in [1.82, 2.24) is 4.90 Å². The van der Waals surface area contributed by atoms with Gasteiger partial charge in [-0.1, -0.05) is 36.1 Å². The van der Waals surface area contributed by atoms with E-state index in [1.54, 1.807) is 12.0 Å². The highest BCUT2D eigenvalue weighted by Crippen LogP contribution is 2.32. The van der Waals surface area contributed by atoms with Gasteiger partial charge in [-0.3, -0.25) is 9.69 Å². The number of nitrogens with zero attached hydrogens (tertiary/aromatic N) is 1. The van der Waals surface area contributed by atoms with Gasteiger partial charge in [-0.05, 0) is 55.0 Å². The van der Waals surface area contributed by atoms with Gasteiger partial charge < -0.3 is 14.2 Å². The summed E-state index contributed by atoms with van der Waals surface area (Å²) in [5, 5.41) is 0. The van der Waals surface area contributed by atoms with Gasteiger partial charge in [0.15, 0.2) is 0 Å². The number of methoxy groups -OCH3 is 1. The van der Waals surface area contributed by atoms with E-state index in [4.69, 9.17) is 26.4 Å². The first-order chi connectivity index (χ1) is 14.1. The van der Waals surface area contributed by atoms with Gasteiger partial charge >= 0.3 is 0 Å². The lowest BCUT2D eigenvalue weighted by atomic mass is 10.2. The lowest BCUT2D eigenvalue weighted by Crippen LogP contribution is -2.27. The molecule has 29 heavy (non-hydrogen) atoms. The molecule has 3 rings (SSSR count). The Balaban J connectivity index is 1.48. The van der Waals surface area contributed by atoms with E-state index in [9.17, 15) is 4.79 Å². The van der Waals surface area contributed by atoms with Gasteiger partial charge in [-0.15, -0.1) is 0 Å². The number of amides is 1. The molecule has 1 heterocycles. The molecule has 1 saturated heterocycles. The second-order valence-corrected chi connectivity index (χ2v) is 7.90. The molecule has 0 N–H and O–H groups in total. The summed E-state index contributed by atoms with van der Waals surface area (Å²) in [6, 6.07) is 15.2. The lowest BCUT2D eigenvalue weighted by molar-refractivity contribution is -0.121. The molecule has 5 nitrogen and oxygen atoms in total. The third-order valence-electron chi connectivity index (χ3n) is 4.23.